The van der Waals surface area contributed by atoms with Crippen LogP contribution in [0.3, 0.4) is 0 Å². The summed E-state index contributed by atoms with van der Waals surface area (Å²) in [6.07, 6.45) is 2.76. The van der Waals surface area contributed by atoms with E-state index in [0.29, 0.717) is 11.8 Å². The third kappa shape index (κ3) is 3.99. The normalized spacial score (nSPS) is 15.0. The molecular weight excluding hydrogens is 198 g/mol. The lowest BCUT2D eigenvalue weighted by Crippen LogP contribution is -2.43. The summed E-state index contributed by atoms with van der Waals surface area (Å²) in [4.78, 5) is 14.1. The molecule has 0 fully saturated rings. The van der Waals surface area contributed by atoms with Gasteiger partial charge in [-0.15, -0.1) is 6.58 Å². The Labute approximate surface area is 101 Å². The van der Waals surface area contributed by atoms with E-state index in [1.54, 1.807) is 0 Å². The van der Waals surface area contributed by atoms with Crippen molar-refractivity contribution in [2.24, 2.45) is 17.8 Å². The van der Waals surface area contributed by atoms with E-state index >= 15 is 0 Å². The van der Waals surface area contributed by atoms with Crippen LogP contribution < -0.4 is 0 Å². The molecule has 0 saturated carbocycles. The molecule has 0 aromatic rings. The molecule has 0 bridgehead atoms. The molecule has 0 aliphatic heterocycles. The van der Waals surface area contributed by atoms with Crippen LogP contribution in [0.25, 0.3) is 0 Å². The molecule has 0 saturated heterocycles. The standard InChI is InChI=1S/C14H27NO/c1-8-9-13(11(4)5)15(7)14(16)12(6)10(2)3/h8,10-13H,1,9H2,2-7H3/t12-,13-/m0/s1. The highest BCUT2D eigenvalue weighted by Gasteiger charge is 2.26. The van der Waals surface area contributed by atoms with Gasteiger partial charge in [-0.2, -0.15) is 0 Å². The Bertz CT molecular complexity index is 233. The predicted molar refractivity (Wildman–Crippen MR) is 70.2 cm³/mol. The van der Waals surface area contributed by atoms with E-state index in [2.05, 4.69) is 34.3 Å². The summed E-state index contributed by atoms with van der Waals surface area (Å²) in [5.41, 5.74) is 0. The van der Waals surface area contributed by atoms with Gasteiger partial charge in [-0.05, 0) is 18.3 Å². The monoisotopic (exact) mass is 225 g/mol. The lowest BCUT2D eigenvalue weighted by molar-refractivity contribution is -0.137. The van der Waals surface area contributed by atoms with E-state index in [9.17, 15) is 4.79 Å². The van der Waals surface area contributed by atoms with E-state index in [1.807, 2.05) is 24.9 Å². The topological polar surface area (TPSA) is 20.3 Å². The molecular formula is C14H27NO. The molecule has 0 aromatic heterocycles. The fraction of sp³-hybridized carbons (Fsp3) is 0.786. The molecule has 0 unspecified atom stereocenters. The minimum absolute atomic E-state index is 0.0936. The fourth-order valence-corrected chi connectivity index (χ4v) is 1.82. The Kier molecular flexibility index (Phi) is 6.39. The zero-order valence-electron chi connectivity index (χ0n) is 11.7. The maximum Gasteiger partial charge on any atom is 0.225 e. The maximum atomic E-state index is 12.2. The van der Waals surface area contributed by atoms with Gasteiger partial charge >= 0.3 is 0 Å². The van der Waals surface area contributed by atoms with Crippen LogP contribution in [-0.2, 0) is 4.79 Å². The number of rotatable bonds is 6. The number of carbonyl (C=O) groups is 1. The van der Waals surface area contributed by atoms with Crippen molar-refractivity contribution in [1.82, 2.24) is 4.90 Å². The fourth-order valence-electron chi connectivity index (χ4n) is 1.82. The van der Waals surface area contributed by atoms with Crippen molar-refractivity contribution in [1.29, 1.82) is 0 Å². The Hall–Kier alpha value is -0.790. The van der Waals surface area contributed by atoms with Gasteiger partial charge in [0.1, 0.15) is 0 Å². The second kappa shape index (κ2) is 6.72. The van der Waals surface area contributed by atoms with E-state index in [1.165, 1.54) is 0 Å². The summed E-state index contributed by atoms with van der Waals surface area (Å²) in [6.45, 7) is 14.3. The van der Waals surface area contributed by atoms with Crippen molar-refractivity contribution in [3.63, 3.8) is 0 Å². The second-order valence-electron chi connectivity index (χ2n) is 5.32. The number of hydrogen-bond acceptors (Lipinski definition) is 1. The van der Waals surface area contributed by atoms with E-state index < -0.39 is 0 Å². The highest BCUT2D eigenvalue weighted by atomic mass is 16.2. The number of amides is 1. The van der Waals surface area contributed by atoms with Gasteiger partial charge in [-0.25, -0.2) is 0 Å². The van der Waals surface area contributed by atoms with Gasteiger partial charge in [0.15, 0.2) is 0 Å². The largest absolute Gasteiger partial charge is 0.342 e. The van der Waals surface area contributed by atoms with Gasteiger partial charge in [0, 0.05) is 19.0 Å². The minimum atomic E-state index is 0.0936. The Morgan fingerprint density at radius 2 is 1.69 bits per heavy atom. The van der Waals surface area contributed by atoms with Gasteiger partial charge in [0.2, 0.25) is 5.91 Å². The SMILES string of the molecule is C=CC[C@@H](C(C)C)N(C)C(=O)[C@@H](C)C(C)C. The van der Waals surface area contributed by atoms with E-state index in [4.69, 9.17) is 0 Å². The van der Waals surface area contributed by atoms with Crippen LogP contribution in [0.1, 0.15) is 41.0 Å². The quantitative estimate of drug-likeness (QED) is 0.635. The van der Waals surface area contributed by atoms with Crippen LogP contribution in [0.5, 0.6) is 0 Å². The highest BCUT2D eigenvalue weighted by molar-refractivity contribution is 5.78. The van der Waals surface area contributed by atoms with Gasteiger partial charge < -0.3 is 4.90 Å². The first-order chi connectivity index (χ1) is 7.32. The Morgan fingerprint density at radius 3 is 2.00 bits per heavy atom. The van der Waals surface area contributed by atoms with Crippen molar-refractivity contribution in [2.45, 2.75) is 47.1 Å². The first-order valence-electron chi connectivity index (χ1n) is 6.20. The summed E-state index contributed by atoms with van der Waals surface area (Å²) in [7, 11) is 1.91. The van der Waals surface area contributed by atoms with Crippen molar-refractivity contribution in [3.8, 4) is 0 Å². The molecule has 1 amide bonds. The van der Waals surface area contributed by atoms with Crippen molar-refractivity contribution < 1.29 is 4.79 Å². The van der Waals surface area contributed by atoms with Crippen LogP contribution in [0.2, 0.25) is 0 Å². The van der Waals surface area contributed by atoms with Gasteiger partial charge in [-0.1, -0.05) is 40.7 Å². The average molecular weight is 225 g/mol. The smallest absolute Gasteiger partial charge is 0.225 e. The molecule has 16 heavy (non-hydrogen) atoms. The lowest BCUT2D eigenvalue weighted by Gasteiger charge is -2.33. The van der Waals surface area contributed by atoms with Crippen molar-refractivity contribution in [3.05, 3.63) is 12.7 Å². The first kappa shape index (κ1) is 15.2. The molecule has 0 heterocycles. The molecule has 0 aliphatic carbocycles. The molecule has 0 spiro atoms. The summed E-state index contributed by atoms with van der Waals surface area (Å²) in [6, 6.07) is 0.270. The summed E-state index contributed by atoms with van der Waals surface area (Å²) < 4.78 is 0. The van der Waals surface area contributed by atoms with Crippen molar-refractivity contribution in [2.75, 3.05) is 7.05 Å². The lowest BCUT2D eigenvalue weighted by atomic mass is 9.93. The van der Waals surface area contributed by atoms with Gasteiger partial charge in [-0.3, -0.25) is 4.79 Å². The molecule has 2 atom stereocenters. The molecule has 0 radical (unpaired) electrons. The summed E-state index contributed by atoms with van der Waals surface area (Å²) >= 11 is 0. The van der Waals surface area contributed by atoms with Crippen LogP contribution >= 0.6 is 0 Å². The Morgan fingerprint density at radius 1 is 1.19 bits per heavy atom. The zero-order valence-corrected chi connectivity index (χ0v) is 11.7. The molecule has 94 valence electrons. The Balaban J connectivity index is 4.66. The number of hydrogen-bond donors (Lipinski definition) is 0. The summed E-state index contributed by atoms with van der Waals surface area (Å²) in [5, 5.41) is 0. The molecule has 0 N–H and O–H groups in total. The van der Waals surface area contributed by atoms with Gasteiger partial charge in [0.05, 0.1) is 0 Å². The first-order valence-corrected chi connectivity index (χ1v) is 6.20. The van der Waals surface area contributed by atoms with E-state index in [-0.39, 0.29) is 17.9 Å². The third-order valence-electron chi connectivity index (χ3n) is 3.41. The zero-order chi connectivity index (χ0) is 12.9. The molecule has 0 aliphatic rings. The summed E-state index contributed by atoms with van der Waals surface area (Å²) in [5.74, 6) is 1.20. The highest BCUT2D eigenvalue weighted by Crippen LogP contribution is 2.19. The second-order valence-corrected chi connectivity index (χ2v) is 5.32. The van der Waals surface area contributed by atoms with E-state index in [0.717, 1.165) is 6.42 Å². The third-order valence-corrected chi connectivity index (χ3v) is 3.41. The van der Waals surface area contributed by atoms with Gasteiger partial charge in [0.25, 0.3) is 0 Å². The maximum absolute atomic E-state index is 12.2. The predicted octanol–water partition coefficient (Wildman–Crippen LogP) is 3.34. The minimum Gasteiger partial charge on any atom is -0.342 e. The molecule has 0 rings (SSSR count). The van der Waals surface area contributed by atoms with Crippen molar-refractivity contribution >= 4 is 5.91 Å². The number of nitrogens with zero attached hydrogens (tertiary/aromatic N) is 1. The van der Waals surface area contributed by atoms with Crippen LogP contribution in [0, 0.1) is 17.8 Å². The molecule has 2 nitrogen and oxygen atoms in total. The average Bonchev–Trinajstić information content (AvgIpc) is 2.22. The number of carbonyl (C=O) groups excluding carboxylic acids is 1. The molecule has 0 aromatic carbocycles. The van der Waals surface area contributed by atoms with Crippen LogP contribution in [0.4, 0.5) is 0 Å². The molecule has 2 heteroatoms. The van der Waals surface area contributed by atoms with Crippen LogP contribution in [-0.4, -0.2) is 23.9 Å². The van der Waals surface area contributed by atoms with Crippen LogP contribution in [0.15, 0.2) is 12.7 Å².